The molecule has 28 heavy (non-hydrogen) atoms. The van der Waals surface area contributed by atoms with Crippen LogP contribution in [0.25, 0.3) is 27.3 Å². The SMILES string of the molecule is Cn1c(-c2nc(C(=O)NCc3cn4ccccc4n3)cs2)cc2ccccc21. The Hall–Kier alpha value is -3.45. The minimum Gasteiger partial charge on any atom is -0.345 e. The zero-order chi connectivity index (χ0) is 19.1. The molecule has 1 aromatic carbocycles. The monoisotopic (exact) mass is 387 g/mol. The van der Waals surface area contributed by atoms with Crippen LogP contribution in [-0.4, -0.2) is 24.8 Å². The van der Waals surface area contributed by atoms with Gasteiger partial charge < -0.3 is 14.3 Å². The second-order valence-corrected chi connectivity index (χ2v) is 7.42. The molecule has 0 bridgehead atoms. The quantitative estimate of drug-likeness (QED) is 0.509. The van der Waals surface area contributed by atoms with Gasteiger partial charge in [0.1, 0.15) is 16.3 Å². The number of para-hydroxylation sites is 1. The van der Waals surface area contributed by atoms with E-state index in [-0.39, 0.29) is 5.91 Å². The number of imidazole rings is 1. The number of benzene rings is 1. The van der Waals surface area contributed by atoms with Crippen LogP contribution in [0.4, 0.5) is 0 Å². The van der Waals surface area contributed by atoms with E-state index in [4.69, 9.17) is 0 Å². The molecule has 4 aromatic heterocycles. The molecule has 6 nitrogen and oxygen atoms in total. The average molecular weight is 387 g/mol. The minimum atomic E-state index is -0.196. The van der Waals surface area contributed by atoms with Gasteiger partial charge in [-0.15, -0.1) is 11.3 Å². The highest BCUT2D eigenvalue weighted by molar-refractivity contribution is 7.13. The zero-order valence-electron chi connectivity index (χ0n) is 15.2. The van der Waals surface area contributed by atoms with Gasteiger partial charge in [0, 0.05) is 35.7 Å². The summed E-state index contributed by atoms with van der Waals surface area (Å²) in [7, 11) is 2.02. The molecule has 5 rings (SSSR count). The van der Waals surface area contributed by atoms with Gasteiger partial charge in [-0.1, -0.05) is 24.3 Å². The van der Waals surface area contributed by atoms with E-state index in [2.05, 4.69) is 38.1 Å². The van der Waals surface area contributed by atoms with Gasteiger partial charge in [0.05, 0.1) is 17.9 Å². The smallest absolute Gasteiger partial charge is 0.271 e. The van der Waals surface area contributed by atoms with E-state index in [1.165, 1.54) is 11.3 Å². The van der Waals surface area contributed by atoms with E-state index in [0.29, 0.717) is 12.2 Å². The molecule has 0 aliphatic rings. The molecule has 1 N–H and O–H groups in total. The maximum atomic E-state index is 12.5. The van der Waals surface area contributed by atoms with E-state index in [0.717, 1.165) is 32.9 Å². The molecular weight excluding hydrogens is 370 g/mol. The third-order valence-corrected chi connectivity index (χ3v) is 5.62. The van der Waals surface area contributed by atoms with E-state index >= 15 is 0 Å². The number of carbonyl (C=O) groups excluding carboxylic acids is 1. The summed E-state index contributed by atoms with van der Waals surface area (Å²) in [6.07, 6.45) is 3.85. The normalized spacial score (nSPS) is 11.3. The van der Waals surface area contributed by atoms with Crippen LogP contribution in [0, 0.1) is 0 Å². The van der Waals surface area contributed by atoms with Gasteiger partial charge in [-0.2, -0.15) is 0 Å². The van der Waals surface area contributed by atoms with Gasteiger partial charge in [0.15, 0.2) is 0 Å². The summed E-state index contributed by atoms with van der Waals surface area (Å²) >= 11 is 1.47. The number of amides is 1. The van der Waals surface area contributed by atoms with Gasteiger partial charge >= 0.3 is 0 Å². The van der Waals surface area contributed by atoms with Gasteiger partial charge in [-0.05, 0) is 24.3 Å². The summed E-state index contributed by atoms with van der Waals surface area (Å²) in [6.45, 7) is 0.363. The fourth-order valence-corrected chi connectivity index (χ4v) is 4.17. The standard InChI is InChI=1S/C21H17N5OS/c1-25-17-7-3-2-6-14(17)10-18(25)21-24-16(13-28-21)20(27)22-11-15-12-26-9-5-4-8-19(26)23-15/h2-10,12-13H,11H2,1H3,(H,22,27). The Kier molecular flexibility index (Phi) is 3.95. The highest BCUT2D eigenvalue weighted by Gasteiger charge is 2.15. The van der Waals surface area contributed by atoms with Crippen molar-refractivity contribution in [3.63, 3.8) is 0 Å². The highest BCUT2D eigenvalue weighted by Crippen LogP contribution is 2.29. The molecule has 0 saturated carbocycles. The number of pyridine rings is 1. The zero-order valence-corrected chi connectivity index (χ0v) is 16.0. The second-order valence-electron chi connectivity index (χ2n) is 6.57. The summed E-state index contributed by atoms with van der Waals surface area (Å²) in [4.78, 5) is 21.6. The van der Waals surface area contributed by atoms with Crippen LogP contribution in [-0.2, 0) is 13.6 Å². The maximum Gasteiger partial charge on any atom is 0.271 e. The predicted octanol–water partition coefficient (Wildman–Crippen LogP) is 3.88. The van der Waals surface area contributed by atoms with Crippen molar-refractivity contribution >= 4 is 33.8 Å². The molecular formula is C21H17N5OS. The van der Waals surface area contributed by atoms with E-state index in [9.17, 15) is 4.79 Å². The molecule has 1 amide bonds. The van der Waals surface area contributed by atoms with E-state index in [1.807, 2.05) is 54.2 Å². The van der Waals surface area contributed by atoms with Gasteiger partial charge in [0.25, 0.3) is 5.91 Å². The number of nitrogens with zero attached hydrogens (tertiary/aromatic N) is 4. The van der Waals surface area contributed by atoms with Crippen LogP contribution in [0.1, 0.15) is 16.2 Å². The first-order valence-electron chi connectivity index (χ1n) is 8.90. The maximum absolute atomic E-state index is 12.5. The topological polar surface area (TPSA) is 64.2 Å². The van der Waals surface area contributed by atoms with Crippen molar-refractivity contribution in [3.8, 4) is 10.7 Å². The highest BCUT2D eigenvalue weighted by atomic mass is 32.1. The van der Waals surface area contributed by atoms with Crippen molar-refractivity contribution in [2.75, 3.05) is 0 Å². The number of aromatic nitrogens is 4. The minimum absolute atomic E-state index is 0.196. The molecule has 0 unspecified atom stereocenters. The molecule has 7 heteroatoms. The van der Waals surface area contributed by atoms with Crippen LogP contribution < -0.4 is 5.32 Å². The molecule has 0 fully saturated rings. The van der Waals surface area contributed by atoms with Gasteiger partial charge in [-0.3, -0.25) is 4.79 Å². The van der Waals surface area contributed by atoms with Crippen molar-refractivity contribution < 1.29 is 4.79 Å². The first kappa shape index (κ1) is 16.7. The fraction of sp³-hybridized carbons (Fsp3) is 0.0952. The molecule has 138 valence electrons. The third kappa shape index (κ3) is 2.86. The van der Waals surface area contributed by atoms with Crippen LogP contribution >= 0.6 is 11.3 Å². The number of thiazole rings is 1. The number of fused-ring (bicyclic) bond motifs is 2. The number of nitrogens with one attached hydrogen (secondary N) is 1. The largest absolute Gasteiger partial charge is 0.345 e. The van der Waals surface area contributed by atoms with Gasteiger partial charge in [-0.25, -0.2) is 9.97 Å². The van der Waals surface area contributed by atoms with Gasteiger partial charge in [0.2, 0.25) is 0 Å². The van der Waals surface area contributed by atoms with Crippen molar-refractivity contribution in [1.29, 1.82) is 0 Å². The number of carbonyl (C=O) groups is 1. The van der Waals surface area contributed by atoms with Crippen LogP contribution in [0.15, 0.2) is 66.3 Å². The van der Waals surface area contributed by atoms with Crippen molar-refractivity contribution in [2.45, 2.75) is 6.54 Å². The molecule has 0 atom stereocenters. The molecule has 4 heterocycles. The number of rotatable bonds is 4. The van der Waals surface area contributed by atoms with E-state index < -0.39 is 0 Å². The average Bonchev–Trinajstić information content (AvgIpc) is 3.43. The summed E-state index contributed by atoms with van der Waals surface area (Å²) < 4.78 is 4.04. The molecule has 0 radical (unpaired) electrons. The lowest BCUT2D eigenvalue weighted by molar-refractivity contribution is 0.0946. The number of hydrogen-bond acceptors (Lipinski definition) is 4. The Balaban J connectivity index is 1.35. The summed E-state index contributed by atoms with van der Waals surface area (Å²) in [5.74, 6) is -0.196. The summed E-state index contributed by atoms with van der Waals surface area (Å²) in [6, 6.07) is 16.1. The first-order chi connectivity index (χ1) is 13.7. The Morgan fingerprint density at radius 3 is 2.86 bits per heavy atom. The van der Waals surface area contributed by atoms with Crippen molar-refractivity contribution in [3.05, 3.63) is 77.7 Å². The Bertz CT molecular complexity index is 1280. The van der Waals surface area contributed by atoms with Crippen molar-refractivity contribution in [2.24, 2.45) is 7.05 Å². The molecule has 0 saturated heterocycles. The van der Waals surface area contributed by atoms with Crippen molar-refractivity contribution in [1.82, 2.24) is 24.3 Å². The lowest BCUT2D eigenvalue weighted by atomic mass is 10.2. The first-order valence-corrected chi connectivity index (χ1v) is 9.78. The second kappa shape index (κ2) is 6.61. The Morgan fingerprint density at radius 2 is 2.00 bits per heavy atom. The summed E-state index contributed by atoms with van der Waals surface area (Å²) in [5.41, 5.74) is 4.24. The van der Waals surface area contributed by atoms with Crippen LogP contribution in [0.3, 0.4) is 0 Å². The number of aryl methyl sites for hydroxylation is 1. The lowest BCUT2D eigenvalue weighted by Gasteiger charge is -2.01. The Morgan fingerprint density at radius 1 is 1.14 bits per heavy atom. The summed E-state index contributed by atoms with van der Waals surface area (Å²) in [5, 5.41) is 6.69. The predicted molar refractivity (Wildman–Crippen MR) is 110 cm³/mol. The Labute approximate surface area is 165 Å². The third-order valence-electron chi connectivity index (χ3n) is 4.75. The molecule has 0 aliphatic heterocycles. The molecule has 0 spiro atoms. The molecule has 5 aromatic rings. The van der Waals surface area contributed by atoms with Crippen LogP contribution in [0.2, 0.25) is 0 Å². The number of hydrogen-bond donors (Lipinski definition) is 1. The fourth-order valence-electron chi connectivity index (χ4n) is 3.32. The van der Waals surface area contributed by atoms with E-state index in [1.54, 1.807) is 5.38 Å². The molecule has 0 aliphatic carbocycles. The lowest BCUT2D eigenvalue weighted by Crippen LogP contribution is -2.23. The van der Waals surface area contributed by atoms with Crippen LogP contribution in [0.5, 0.6) is 0 Å².